The zero-order chi connectivity index (χ0) is 16.2. The van der Waals surface area contributed by atoms with Crippen LogP contribution in [0.2, 0.25) is 5.02 Å². The number of hydrogen-bond acceptors (Lipinski definition) is 4. The summed E-state index contributed by atoms with van der Waals surface area (Å²) in [6, 6.07) is 7.35. The topological polar surface area (TPSA) is 58.5 Å². The van der Waals surface area contributed by atoms with Crippen LogP contribution in [0.1, 0.15) is 25.7 Å². The molecule has 23 heavy (non-hydrogen) atoms. The normalized spacial score (nSPS) is 23.9. The molecular weight excluding hydrogens is 352 g/mol. The molecule has 4 nitrogen and oxygen atoms in total. The van der Waals surface area contributed by atoms with Crippen molar-refractivity contribution in [2.45, 2.75) is 35.8 Å². The van der Waals surface area contributed by atoms with E-state index in [1.807, 2.05) is 12.1 Å². The van der Waals surface area contributed by atoms with E-state index in [0.29, 0.717) is 10.2 Å². The van der Waals surface area contributed by atoms with E-state index < -0.39 is 0 Å². The molecule has 1 N–H and O–H groups in total. The fourth-order valence-electron chi connectivity index (χ4n) is 2.77. The lowest BCUT2D eigenvalue weighted by Gasteiger charge is -2.32. The van der Waals surface area contributed by atoms with Crippen LogP contribution in [0.3, 0.4) is 0 Å². The van der Waals surface area contributed by atoms with Crippen molar-refractivity contribution >= 4 is 52.1 Å². The van der Waals surface area contributed by atoms with E-state index in [-0.39, 0.29) is 28.7 Å². The summed E-state index contributed by atoms with van der Waals surface area (Å²) in [6.07, 6.45) is 4.20. The molecule has 0 aromatic heterocycles. The molecule has 1 saturated carbocycles. The number of nitrogens with one attached hydrogen (secondary N) is 1. The summed E-state index contributed by atoms with van der Waals surface area (Å²) in [5.74, 6) is 0.106. The number of amidine groups is 1. The molecule has 2 unspecified atom stereocenters. The summed E-state index contributed by atoms with van der Waals surface area (Å²) < 4.78 is 0. The van der Waals surface area contributed by atoms with Crippen molar-refractivity contribution in [3.05, 3.63) is 29.3 Å². The highest BCUT2D eigenvalue weighted by Gasteiger charge is 2.36. The number of fused-ring (bicyclic) bond motifs is 1. The third-order valence-electron chi connectivity index (χ3n) is 3.92. The Morgan fingerprint density at radius 3 is 2.83 bits per heavy atom. The maximum Gasteiger partial charge on any atom is 0.252 e. The number of aliphatic imine (C=N–C) groups is 1. The molecule has 1 aromatic rings. The zero-order valence-corrected chi connectivity index (χ0v) is 14.8. The van der Waals surface area contributed by atoms with Crippen LogP contribution in [-0.4, -0.2) is 28.0 Å². The molecule has 2 aliphatic rings. The smallest absolute Gasteiger partial charge is 0.252 e. The van der Waals surface area contributed by atoms with Crippen molar-refractivity contribution in [3.63, 3.8) is 0 Å². The van der Waals surface area contributed by atoms with Crippen LogP contribution in [0.4, 0.5) is 0 Å². The lowest BCUT2D eigenvalue weighted by molar-refractivity contribution is -0.122. The molecule has 3 rings (SSSR count). The van der Waals surface area contributed by atoms with Gasteiger partial charge in [-0.1, -0.05) is 36.2 Å². The molecule has 0 saturated heterocycles. The van der Waals surface area contributed by atoms with E-state index in [0.717, 1.165) is 30.6 Å². The summed E-state index contributed by atoms with van der Waals surface area (Å²) in [7, 11) is 0. The van der Waals surface area contributed by atoms with Gasteiger partial charge in [0, 0.05) is 15.2 Å². The summed E-state index contributed by atoms with van der Waals surface area (Å²) in [5.41, 5.74) is 0. The Hall–Kier alpha value is -0.980. The van der Waals surface area contributed by atoms with E-state index in [4.69, 9.17) is 11.6 Å². The number of carbonyl (C=O) groups excluding carboxylic acids is 2. The van der Waals surface area contributed by atoms with Crippen molar-refractivity contribution in [1.29, 1.82) is 0 Å². The Bertz CT molecular complexity index is 633. The average molecular weight is 369 g/mol. The van der Waals surface area contributed by atoms with Crippen LogP contribution in [0, 0.1) is 5.92 Å². The van der Waals surface area contributed by atoms with Gasteiger partial charge in [-0.3, -0.25) is 9.59 Å². The van der Waals surface area contributed by atoms with Gasteiger partial charge in [0.2, 0.25) is 5.91 Å². The molecule has 0 radical (unpaired) electrons. The second-order valence-electron chi connectivity index (χ2n) is 5.59. The first-order chi connectivity index (χ1) is 11.1. The molecule has 0 spiro atoms. The Labute approximate surface area is 148 Å². The Kier molecular flexibility index (Phi) is 5.67. The molecular formula is C16H17ClN2O2S2. The van der Waals surface area contributed by atoms with Gasteiger partial charge >= 0.3 is 0 Å². The number of carbonyl (C=O) groups is 2. The van der Waals surface area contributed by atoms with Crippen molar-refractivity contribution in [2.24, 2.45) is 10.9 Å². The number of amides is 2. The maximum absolute atomic E-state index is 12.1. The summed E-state index contributed by atoms with van der Waals surface area (Å²) in [4.78, 5) is 29.1. The van der Waals surface area contributed by atoms with Gasteiger partial charge in [0.25, 0.3) is 5.91 Å². The predicted octanol–water partition coefficient (Wildman–Crippen LogP) is 3.74. The lowest BCUT2D eigenvalue weighted by atomic mass is 9.88. The highest BCUT2D eigenvalue weighted by molar-refractivity contribution is 8.14. The molecule has 2 amide bonds. The minimum absolute atomic E-state index is 0.0397. The van der Waals surface area contributed by atoms with Gasteiger partial charge in [-0.2, -0.15) is 4.99 Å². The van der Waals surface area contributed by atoms with Gasteiger partial charge in [-0.15, -0.1) is 11.8 Å². The highest BCUT2D eigenvalue weighted by atomic mass is 35.5. The SMILES string of the molecule is O=C(CSc1ccc(Cl)cc1)NC1=NC(=O)C2CCCCC2S1. The molecule has 1 heterocycles. The van der Waals surface area contributed by atoms with Crippen LogP contribution < -0.4 is 5.32 Å². The largest absolute Gasteiger partial charge is 0.304 e. The third-order valence-corrected chi connectivity index (χ3v) is 6.47. The van der Waals surface area contributed by atoms with Crippen LogP contribution in [-0.2, 0) is 9.59 Å². The van der Waals surface area contributed by atoms with Crippen molar-refractivity contribution in [2.75, 3.05) is 5.75 Å². The lowest BCUT2D eigenvalue weighted by Crippen LogP contribution is -2.40. The van der Waals surface area contributed by atoms with E-state index in [1.165, 1.54) is 11.8 Å². The van der Waals surface area contributed by atoms with Crippen LogP contribution in [0.15, 0.2) is 34.2 Å². The fourth-order valence-corrected chi connectivity index (χ4v) is 4.89. The standard InChI is InChI=1S/C16H17ClN2O2S2/c17-10-5-7-11(8-6-10)22-9-14(20)18-16-19-15(21)12-3-1-2-4-13(12)23-16/h5-8,12-13H,1-4,9H2,(H,18,19,20,21). The van der Waals surface area contributed by atoms with Gasteiger partial charge in [-0.25, -0.2) is 0 Å². The van der Waals surface area contributed by atoms with Crippen LogP contribution in [0.25, 0.3) is 0 Å². The Morgan fingerprint density at radius 1 is 1.30 bits per heavy atom. The predicted molar refractivity (Wildman–Crippen MR) is 96.1 cm³/mol. The minimum atomic E-state index is -0.141. The van der Waals surface area contributed by atoms with E-state index >= 15 is 0 Å². The third kappa shape index (κ3) is 4.52. The first kappa shape index (κ1) is 16.9. The molecule has 1 aliphatic carbocycles. The number of nitrogens with zero attached hydrogens (tertiary/aromatic N) is 1. The van der Waals surface area contributed by atoms with Crippen molar-refractivity contribution in [1.82, 2.24) is 5.32 Å². The van der Waals surface area contributed by atoms with E-state index in [1.54, 1.807) is 23.9 Å². The summed E-state index contributed by atoms with van der Waals surface area (Å²) in [5, 5.41) is 4.17. The zero-order valence-electron chi connectivity index (χ0n) is 12.5. The van der Waals surface area contributed by atoms with E-state index in [9.17, 15) is 9.59 Å². The van der Waals surface area contributed by atoms with Gasteiger partial charge in [0.1, 0.15) is 0 Å². The fraction of sp³-hybridized carbons (Fsp3) is 0.438. The molecule has 7 heteroatoms. The van der Waals surface area contributed by atoms with Gasteiger partial charge < -0.3 is 5.32 Å². The number of rotatable bonds is 3. The average Bonchev–Trinajstić information content (AvgIpc) is 2.54. The van der Waals surface area contributed by atoms with Crippen LogP contribution >= 0.6 is 35.1 Å². The molecule has 1 fully saturated rings. The number of thioether (sulfide) groups is 2. The van der Waals surface area contributed by atoms with Crippen molar-refractivity contribution < 1.29 is 9.59 Å². The highest BCUT2D eigenvalue weighted by Crippen LogP contribution is 2.37. The van der Waals surface area contributed by atoms with Crippen molar-refractivity contribution in [3.8, 4) is 0 Å². The summed E-state index contributed by atoms with van der Waals surface area (Å²) in [6.45, 7) is 0. The number of hydrogen-bond donors (Lipinski definition) is 1. The second kappa shape index (κ2) is 7.73. The maximum atomic E-state index is 12.1. The van der Waals surface area contributed by atoms with Crippen LogP contribution in [0.5, 0.6) is 0 Å². The molecule has 1 aromatic carbocycles. The Morgan fingerprint density at radius 2 is 2.04 bits per heavy atom. The van der Waals surface area contributed by atoms with Gasteiger partial charge in [0.05, 0.1) is 11.7 Å². The summed E-state index contributed by atoms with van der Waals surface area (Å²) >= 11 is 8.80. The molecule has 122 valence electrons. The number of benzene rings is 1. The first-order valence-electron chi connectivity index (χ1n) is 7.59. The first-order valence-corrected chi connectivity index (χ1v) is 9.83. The van der Waals surface area contributed by atoms with Gasteiger partial charge in [0.15, 0.2) is 5.17 Å². The second-order valence-corrected chi connectivity index (χ2v) is 8.31. The van der Waals surface area contributed by atoms with Gasteiger partial charge in [-0.05, 0) is 37.1 Å². The Balaban J connectivity index is 1.53. The molecule has 0 bridgehead atoms. The number of halogens is 1. The van der Waals surface area contributed by atoms with E-state index in [2.05, 4.69) is 10.3 Å². The molecule has 2 atom stereocenters. The minimum Gasteiger partial charge on any atom is -0.304 e. The monoisotopic (exact) mass is 368 g/mol. The molecule has 1 aliphatic heterocycles. The quantitative estimate of drug-likeness (QED) is 0.826.